The minimum atomic E-state index is -0.412. The molecule has 0 aliphatic carbocycles. The van der Waals surface area contributed by atoms with Gasteiger partial charge in [-0.05, 0) is 45.6 Å². The van der Waals surface area contributed by atoms with Crippen molar-refractivity contribution >= 4 is 0 Å². The van der Waals surface area contributed by atoms with Crippen LogP contribution in [0.4, 0.5) is 0 Å². The summed E-state index contributed by atoms with van der Waals surface area (Å²) >= 11 is 0. The van der Waals surface area contributed by atoms with Crippen LogP contribution in [0.3, 0.4) is 0 Å². The van der Waals surface area contributed by atoms with Crippen LogP contribution in [0.2, 0.25) is 0 Å². The summed E-state index contributed by atoms with van der Waals surface area (Å²) in [6.07, 6.45) is 3.53. The smallest absolute Gasteiger partial charge is 0.0714 e. The van der Waals surface area contributed by atoms with Gasteiger partial charge in [0.1, 0.15) is 0 Å². The Labute approximate surface area is 91.4 Å². The van der Waals surface area contributed by atoms with E-state index < -0.39 is 5.41 Å². The average Bonchev–Trinajstić information content (AvgIpc) is 2.18. The maximum atomic E-state index is 9.18. The van der Waals surface area contributed by atoms with Gasteiger partial charge in [-0.3, -0.25) is 4.98 Å². The van der Waals surface area contributed by atoms with Gasteiger partial charge in [-0.15, -0.1) is 0 Å². The highest BCUT2D eigenvalue weighted by Gasteiger charge is 2.32. The van der Waals surface area contributed by atoms with E-state index in [9.17, 15) is 5.26 Å². The van der Waals surface area contributed by atoms with Crippen molar-refractivity contribution in [2.24, 2.45) is 5.41 Å². The summed E-state index contributed by atoms with van der Waals surface area (Å²) < 4.78 is 0. The van der Waals surface area contributed by atoms with Gasteiger partial charge in [0.2, 0.25) is 0 Å². The first-order valence-electron chi connectivity index (χ1n) is 4.96. The van der Waals surface area contributed by atoms with E-state index in [4.69, 9.17) is 0 Å². The van der Waals surface area contributed by atoms with Crippen LogP contribution in [0.25, 0.3) is 0 Å². The van der Waals surface area contributed by atoms with E-state index in [2.05, 4.69) is 16.0 Å². The number of rotatable bonds is 3. The molecule has 1 aromatic heterocycles. The SMILES string of the molecule is CN(C)C(c1ccncc1)C(C)(C)C#N. The molecule has 1 aromatic rings. The number of hydrogen-bond acceptors (Lipinski definition) is 3. The number of nitriles is 1. The Kier molecular flexibility index (Phi) is 3.43. The Morgan fingerprint density at radius 3 is 2.27 bits per heavy atom. The third-order valence-electron chi connectivity index (χ3n) is 2.51. The van der Waals surface area contributed by atoms with E-state index in [1.807, 2.05) is 40.1 Å². The van der Waals surface area contributed by atoms with Gasteiger partial charge in [0, 0.05) is 12.4 Å². The second-order valence-corrected chi connectivity index (χ2v) is 4.48. The number of hydrogen-bond donors (Lipinski definition) is 0. The molecule has 0 aromatic carbocycles. The first kappa shape index (κ1) is 11.7. The largest absolute Gasteiger partial charge is 0.301 e. The summed E-state index contributed by atoms with van der Waals surface area (Å²) in [4.78, 5) is 6.06. The molecular weight excluding hydrogens is 186 g/mol. The molecule has 0 saturated heterocycles. The van der Waals surface area contributed by atoms with E-state index in [1.54, 1.807) is 12.4 Å². The highest BCUT2D eigenvalue weighted by Crippen LogP contribution is 2.35. The number of nitrogens with zero attached hydrogens (tertiary/aromatic N) is 3. The standard InChI is InChI=1S/C12H17N3/c1-12(2,9-13)11(15(3)4)10-5-7-14-8-6-10/h5-8,11H,1-4H3. The molecule has 1 rings (SSSR count). The number of pyridine rings is 1. The maximum Gasteiger partial charge on any atom is 0.0714 e. The van der Waals surface area contributed by atoms with Crippen molar-refractivity contribution < 1.29 is 0 Å². The second-order valence-electron chi connectivity index (χ2n) is 4.48. The summed E-state index contributed by atoms with van der Waals surface area (Å²) in [6, 6.07) is 6.37. The van der Waals surface area contributed by atoms with Crippen LogP contribution in [0, 0.1) is 16.7 Å². The molecule has 0 spiro atoms. The molecule has 0 radical (unpaired) electrons. The van der Waals surface area contributed by atoms with Gasteiger partial charge in [0.15, 0.2) is 0 Å². The minimum Gasteiger partial charge on any atom is -0.301 e. The van der Waals surface area contributed by atoms with E-state index in [0.717, 1.165) is 5.56 Å². The lowest BCUT2D eigenvalue weighted by Crippen LogP contribution is -2.32. The van der Waals surface area contributed by atoms with Crippen molar-refractivity contribution in [1.82, 2.24) is 9.88 Å². The molecule has 80 valence electrons. The van der Waals surface area contributed by atoms with Gasteiger partial charge in [0.25, 0.3) is 0 Å². The molecule has 0 fully saturated rings. The first-order valence-corrected chi connectivity index (χ1v) is 4.96. The Morgan fingerprint density at radius 2 is 1.87 bits per heavy atom. The zero-order chi connectivity index (χ0) is 11.5. The highest BCUT2D eigenvalue weighted by atomic mass is 15.1. The van der Waals surface area contributed by atoms with E-state index >= 15 is 0 Å². The summed E-state index contributed by atoms with van der Waals surface area (Å²) in [6.45, 7) is 3.91. The van der Waals surface area contributed by atoms with Crippen LogP contribution >= 0.6 is 0 Å². The molecule has 0 N–H and O–H groups in total. The van der Waals surface area contributed by atoms with Crippen LogP contribution < -0.4 is 0 Å². The monoisotopic (exact) mass is 203 g/mol. The fourth-order valence-electron chi connectivity index (χ4n) is 1.97. The van der Waals surface area contributed by atoms with Gasteiger partial charge < -0.3 is 4.90 Å². The fraction of sp³-hybridized carbons (Fsp3) is 0.500. The van der Waals surface area contributed by atoms with Crippen molar-refractivity contribution in [3.8, 4) is 6.07 Å². The average molecular weight is 203 g/mol. The first-order chi connectivity index (χ1) is 6.99. The normalized spacial score (nSPS) is 13.6. The Hall–Kier alpha value is -1.40. The van der Waals surface area contributed by atoms with Crippen LogP contribution in [0.15, 0.2) is 24.5 Å². The molecule has 1 atom stereocenters. The quantitative estimate of drug-likeness (QED) is 0.756. The summed E-state index contributed by atoms with van der Waals surface area (Å²) in [5, 5.41) is 9.18. The molecule has 0 bridgehead atoms. The molecular formula is C12H17N3. The van der Waals surface area contributed by atoms with E-state index in [0.29, 0.717) is 0 Å². The molecule has 1 unspecified atom stereocenters. The molecule has 3 nitrogen and oxygen atoms in total. The lowest BCUT2D eigenvalue weighted by atomic mass is 9.81. The minimum absolute atomic E-state index is 0.0884. The molecule has 0 aliphatic rings. The lowest BCUT2D eigenvalue weighted by molar-refractivity contribution is 0.185. The Bertz CT molecular complexity index is 349. The second kappa shape index (κ2) is 4.41. The van der Waals surface area contributed by atoms with Crippen molar-refractivity contribution in [2.45, 2.75) is 19.9 Å². The zero-order valence-corrected chi connectivity index (χ0v) is 9.73. The lowest BCUT2D eigenvalue weighted by Gasteiger charge is -2.33. The summed E-state index contributed by atoms with van der Waals surface area (Å²) in [5.41, 5.74) is 0.715. The van der Waals surface area contributed by atoms with Gasteiger partial charge in [-0.1, -0.05) is 0 Å². The molecule has 15 heavy (non-hydrogen) atoms. The Balaban J connectivity index is 3.11. The van der Waals surface area contributed by atoms with Gasteiger partial charge in [-0.25, -0.2) is 0 Å². The highest BCUT2D eigenvalue weighted by molar-refractivity contribution is 5.21. The third kappa shape index (κ3) is 2.54. The Morgan fingerprint density at radius 1 is 1.33 bits per heavy atom. The van der Waals surface area contributed by atoms with Crippen molar-refractivity contribution in [1.29, 1.82) is 5.26 Å². The maximum absolute atomic E-state index is 9.18. The zero-order valence-electron chi connectivity index (χ0n) is 9.73. The third-order valence-corrected chi connectivity index (χ3v) is 2.51. The number of aromatic nitrogens is 1. The summed E-state index contributed by atoms with van der Waals surface area (Å²) in [7, 11) is 3.98. The predicted molar refractivity (Wildman–Crippen MR) is 60.1 cm³/mol. The van der Waals surface area contributed by atoms with Gasteiger partial charge in [-0.2, -0.15) is 5.26 Å². The predicted octanol–water partition coefficient (Wildman–Crippen LogP) is 2.23. The van der Waals surface area contributed by atoms with Gasteiger partial charge in [0.05, 0.1) is 17.5 Å². The molecule has 1 heterocycles. The topological polar surface area (TPSA) is 39.9 Å². The van der Waals surface area contributed by atoms with E-state index in [1.165, 1.54) is 0 Å². The molecule has 0 aliphatic heterocycles. The van der Waals surface area contributed by atoms with Crippen LogP contribution in [-0.2, 0) is 0 Å². The fourth-order valence-corrected chi connectivity index (χ4v) is 1.97. The van der Waals surface area contributed by atoms with Crippen molar-refractivity contribution in [2.75, 3.05) is 14.1 Å². The summed E-state index contributed by atoms with van der Waals surface area (Å²) in [5.74, 6) is 0. The van der Waals surface area contributed by atoms with Crippen LogP contribution in [0.5, 0.6) is 0 Å². The van der Waals surface area contributed by atoms with Crippen molar-refractivity contribution in [3.63, 3.8) is 0 Å². The molecule has 0 amide bonds. The van der Waals surface area contributed by atoms with Crippen molar-refractivity contribution in [3.05, 3.63) is 30.1 Å². The van der Waals surface area contributed by atoms with Crippen LogP contribution in [-0.4, -0.2) is 24.0 Å². The van der Waals surface area contributed by atoms with Gasteiger partial charge >= 0.3 is 0 Å². The molecule has 3 heteroatoms. The van der Waals surface area contributed by atoms with E-state index in [-0.39, 0.29) is 6.04 Å². The van der Waals surface area contributed by atoms with Crippen LogP contribution in [0.1, 0.15) is 25.5 Å². The molecule has 0 saturated carbocycles.